The van der Waals surface area contributed by atoms with Crippen LogP contribution in [0.2, 0.25) is 0 Å². The summed E-state index contributed by atoms with van der Waals surface area (Å²) in [7, 11) is 0. The topological polar surface area (TPSA) is 78.4 Å². The van der Waals surface area contributed by atoms with E-state index in [4.69, 9.17) is 5.84 Å². The monoisotopic (exact) mass is 200 g/mol. The van der Waals surface area contributed by atoms with Crippen LogP contribution in [0.4, 0.5) is 11.4 Å². The lowest BCUT2D eigenvalue weighted by atomic mass is 10.2. The normalized spacial score (nSPS) is 15.9. The van der Waals surface area contributed by atoms with Crippen molar-refractivity contribution in [3.05, 3.63) is 35.0 Å². The smallest absolute Gasteiger partial charge is 0.133 e. The Morgan fingerprint density at radius 3 is 3.20 bits per heavy atom. The summed E-state index contributed by atoms with van der Waals surface area (Å²) in [5.41, 5.74) is 4.13. The molecule has 0 atom stereocenters. The largest absolute Gasteiger partial charge is 0.227 e. The number of fused-ring (bicyclic) bond motifs is 3. The molecule has 0 radical (unpaired) electrons. The van der Waals surface area contributed by atoms with Gasteiger partial charge in [0.2, 0.25) is 0 Å². The van der Waals surface area contributed by atoms with Gasteiger partial charge in [0.05, 0.1) is 0 Å². The molecule has 2 aliphatic rings. The van der Waals surface area contributed by atoms with E-state index < -0.39 is 0 Å². The molecule has 3 rings (SSSR count). The van der Waals surface area contributed by atoms with Crippen LogP contribution in [0.1, 0.15) is 0 Å². The minimum absolute atomic E-state index is 0.730. The second-order valence-electron chi connectivity index (χ2n) is 3.18. The van der Waals surface area contributed by atoms with Crippen molar-refractivity contribution in [3.63, 3.8) is 0 Å². The van der Waals surface area contributed by atoms with E-state index in [1.54, 1.807) is 6.20 Å². The molecule has 0 fully saturated rings. The molecule has 0 saturated heterocycles. The molecule has 3 N–H and O–H groups in total. The Morgan fingerprint density at radius 2 is 2.27 bits per heavy atom. The third kappa shape index (κ3) is 1.12. The highest BCUT2D eigenvalue weighted by atomic mass is 15.8. The molecule has 1 aromatic rings. The minimum atomic E-state index is 0.730. The van der Waals surface area contributed by atoms with E-state index in [0.29, 0.717) is 0 Å². The Bertz CT molecular complexity index is 585. The average Bonchev–Trinajstić information content (AvgIpc) is 2.51. The van der Waals surface area contributed by atoms with E-state index in [1.165, 1.54) is 5.12 Å². The molecule has 6 heteroatoms. The first-order valence-corrected chi connectivity index (χ1v) is 4.45. The number of nitrogens with one attached hydrogen (secondary N) is 1. The summed E-state index contributed by atoms with van der Waals surface area (Å²) in [6.07, 6.45) is 5.40. The van der Waals surface area contributed by atoms with Gasteiger partial charge in [0.15, 0.2) is 0 Å². The van der Waals surface area contributed by atoms with Gasteiger partial charge in [-0.2, -0.15) is 10.2 Å². The van der Waals surface area contributed by atoms with Crippen molar-refractivity contribution in [2.24, 2.45) is 21.2 Å². The zero-order chi connectivity index (χ0) is 10.3. The number of allylic oxidation sites excluding steroid dienone is 1. The molecule has 2 heterocycles. The summed E-state index contributed by atoms with van der Waals surface area (Å²) in [6, 6.07) is 3.83. The van der Waals surface area contributed by atoms with Crippen LogP contribution in [0.3, 0.4) is 0 Å². The van der Waals surface area contributed by atoms with Crippen LogP contribution < -0.4 is 27.1 Å². The van der Waals surface area contributed by atoms with Crippen molar-refractivity contribution in [2.75, 3.05) is 5.12 Å². The molecule has 0 saturated carbocycles. The quantitative estimate of drug-likeness (QED) is 0.570. The van der Waals surface area contributed by atoms with E-state index in [0.717, 1.165) is 22.0 Å². The molecule has 2 aliphatic heterocycles. The van der Waals surface area contributed by atoms with E-state index in [2.05, 4.69) is 20.9 Å². The Morgan fingerprint density at radius 1 is 1.33 bits per heavy atom. The van der Waals surface area contributed by atoms with Gasteiger partial charge in [-0.05, 0) is 12.1 Å². The Hall–Kier alpha value is -2.21. The summed E-state index contributed by atoms with van der Waals surface area (Å²) in [5, 5.41) is 15.1. The number of hydrogen-bond acceptors (Lipinski definition) is 6. The first-order chi connectivity index (χ1) is 7.36. The summed E-state index contributed by atoms with van der Waals surface area (Å²) in [5.74, 6) is 5.71. The fraction of sp³-hybridized carbons (Fsp3) is 0. The molecule has 0 aromatic heterocycles. The van der Waals surface area contributed by atoms with Crippen LogP contribution in [0.25, 0.3) is 6.08 Å². The number of hydrazine groups is 2. The van der Waals surface area contributed by atoms with Crippen molar-refractivity contribution >= 4 is 17.5 Å². The van der Waals surface area contributed by atoms with E-state index in [1.807, 2.05) is 24.3 Å². The molecule has 15 heavy (non-hydrogen) atoms. The van der Waals surface area contributed by atoms with Crippen molar-refractivity contribution in [2.45, 2.75) is 0 Å². The molecule has 1 aromatic carbocycles. The minimum Gasteiger partial charge on any atom is -0.227 e. The van der Waals surface area contributed by atoms with Crippen LogP contribution in [-0.2, 0) is 0 Å². The molecule has 74 valence electrons. The maximum atomic E-state index is 5.71. The van der Waals surface area contributed by atoms with Crippen LogP contribution in [0.5, 0.6) is 0 Å². The number of benzene rings is 1. The maximum Gasteiger partial charge on any atom is 0.133 e. The molecule has 0 unspecified atom stereocenters. The summed E-state index contributed by atoms with van der Waals surface area (Å²) < 4.78 is 0. The van der Waals surface area contributed by atoms with Gasteiger partial charge in [0.1, 0.15) is 16.7 Å². The van der Waals surface area contributed by atoms with Gasteiger partial charge in [0, 0.05) is 11.4 Å². The summed E-state index contributed by atoms with van der Waals surface area (Å²) in [6.45, 7) is 0. The van der Waals surface area contributed by atoms with Crippen LogP contribution in [0.15, 0.2) is 39.7 Å². The Kier molecular flexibility index (Phi) is 1.57. The average molecular weight is 200 g/mol. The molecule has 0 amide bonds. The number of rotatable bonds is 0. The summed E-state index contributed by atoms with van der Waals surface area (Å²) in [4.78, 5) is 0. The van der Waals surface area contributed by atoms with Gasteiger partial charge >= 0.3 is 0 Å². The lowest BCUT2D eigenvalue weighted by molar-refractivity contribution is 0.704. The van der Waals surface area contributed by atoms with Gasteiger partial charge in [-0.15, -0.1) is 5.11 Å². The second-order valence-corrected chi connectivity index (χ2v) is 3.18. The molecular formula is C9H8N6. The highest BCUT2D eigenvalue weighted by Gasteiger charge is 2.16. The lowest BCUT2D eigenvalue weighted by Crippen LogP contribution is -2.38. The third-order valence-corrected chi connectivity index (χ3v) is 2.27. The fourth-order valence-electron chi connectivity index (χ4n) is 1.59. The zero-order valence-corrected chi connectivity index (χ0v) is 7.75. The van der Waals surface area contributed by atoms with Crippen molar-refractivity contribution in [3.8, 4) is 0 Å². The standard InChI is InChI=1S/C9H8N6/c10-15-9-7(12-14-15)4-3-6-2-1-5-11-13-8(6)9/h1-5,14H,10H2. The first-order valence-electron chi connectivity index (χ1n) is 4.45. The predicted molar refractivity (Wildman–Crippen MR) is 55.1 cm³/mol. The number of hydrogen-bond donors (Lipinski definition) is 2. The molecule has 0 spiro atoms. The molecule has 0 aliphatic carbocycles. The highest BCUT2D eigenvalue weighted by Crippen LogP contribution is 2.20. The number of anilines is 1. The Balaban J connectivity index is 2.41. The first kappa shape index (κ1) is 8.13. The van der Waals surface area contributed by atoms with Crippen molar-refractivity contribution in [1.82, 2.24) is 5.53 Å². The SMILES string of the molecule is NN1NN=c2ccc3c(c21)N=NC=CC=3. The van der Waals surface area contributed by atoms with Crippen LogP contribution >= 0.6 is 0 Å². The highest BCUT2D eigenvalue weighted by molar-refractivity contribution is 5.69. The molecule has 6 nitrogen and oxygen atoms in total. The molecular weight excluding hydrogens is 192 g/mol. The summed E-state index contributed by atoms with van der Waals surface area (Å²) >= 11 is 0. The van der Waals surface area contributed by atoms with Gasteiger partial charge in [-0.1, -0.05) is 12.1 Å². The Labute approximate surface area is 85.0 Å². The maximum absolute atomic E-state index is 5.71. The van der Waals surface area contributed by atoms with Crippen molar-refractivity contribution in [1.29, 1.82) is 0 Å². The zero-order valence-electron chi connectivity index (χ0n) is 7.75. The van der Waals surface area contributed by atoms with E-state index in [-0.39, 0.29) is 0 Å². The molecule has 0 bridgehead atoms. The van der Waals surface area contributed by atoms with Crippen LogP contribution in [0, 0.1) is 0 Å². The van der Waals surface area contributed by atoms with Crippen LogP contribution in [-0.4, -0.2) is 0 Å². The van der Waals surface area contributed by atoms with Gasteiger partial charge in [0.25, 0.3) is 0 Å². The number of nitrogens with two attached hydrogens (primary N) is 1. The van der Waals surface area contributed by atoms with E-state index >= 15 is 0 Å². The number of nitrogens with zero attached hydrogens (tertiary/aromatic N) is 4. The van der Waals surface area contributed by atoms with Crippen molar-refractivity contribution < 1.29 is 0 Å². The third-order valence-electron chi connectivity index (χ3n) is 2.27. The predicted octanol–water partition coefficient (Wildman–Crippen LogP) is -0.189. The second kappa shape index (κ2) is 2.89. The number of azo groups is 1. The van der Waals surface area contributed by atoms with E-state index in [9.17, 15) is 0 Å². The van der Waals surface area contributed by atoms with Gasteiger partial charge < -0.3 is 0 Å². The van der Waals surface area contributed by atoms with Gasteiger partial charge in [-0.25, -0.2) is 16.5 Å². The van der Waals surface area contributed by atoms with Gasteiger partial charge in [-0.3, -0.25) is 0 Å². The fourth-order valence-corrected chi connectivity index (χ4v) is 1.59. The lowest BCUT2D eigenvalue weighted by Gasteiger charge is -2.11.